The van der Waals surface area contributed by atoms with Gasteiger partial charge >= 0.3 is 8.25 Å². The second kappa shape index (κ2) is 8.07. The molecule has 1 N–H and O–H groups in total. The number of hydrogen-bond acceptors (Lipinski definition) is 3. The van der Waals surface area contributed by atoms with E-state index in [0.717, 1.165) is 0 Å². The van der Waals surface area contributed by atoms with E-state index in [1.165, 1.54) is 10.9 Å². The van der Waals surface area contributed by atoms with Crippen LogP contribution in [0, 0.1) is 0 Å². The summed E-state index contributed by atoms with van der Waals surface area (Å²) in [6.45, 7) is 4.47. The van der Waals surface area contributed by atoms with Gasteiger partial charge < -0.3 is 14.0 Å². The lowest BCUT2D eigenvalue weighted by molar-refractivity contribution is 0.243. The van der Waals surface area contributed by atoms with Crippen LogP contribution >= 0.6 is 8.25 Å². The molecule has 1 heterocycles. The molecule has 1 aromatic carbocycles. The van der Waals surface area contributed by atoms with E-state index < -0.39 is 8.25 Å². The van der Waals surface area contributed by atoms with Gasteiger partial charge in [-0.15, -0.1) is 0 Å². The van der Waals surface area contributed by atoms with Crippen molar-refractivity contribution in [2.24, 2.45) is 0 Å². The molecular weight excluding hydrogens is 237 g/mol. The maximum absolute atomic E-state index is 10.4. The smallest absolute Gasteiger partial charge is 0.319 e. The van der Waals surface area contributed by atoms with Gasteiger partial charge in [0.05, 0.1) is 13.2 Å². The van der Waals surface area contributed by atoms with Gasteiger partial charge in [0.1, 0.15) is 0 Å². The van der Waals surface area contributed by atoms with Crippen LogP contribution in [0.5, 0.6) is 0 Å². The van der Waals surface area contributed by atoms with Crippen molar-refractivity contribution >= 4 is 19.2 Å². The van der Waals surface area contributed by atoms with Gasteiger partial charge in [0.2, 0.25) is 0 Å². The molecule has 2 aromatic rings. The van der Waals surface area contributed by atoms with Crippen molar-refractivity contribution in [1.29, 1.82) is 0 Å². The third-order valence-electron chi connectivity index (χ3n) is 1.99. The fourth-order valence-corrected chi connectivity index (χ4v) is 1.83. The van der Waals surface area contributed by atoms with Gasteiger partial charge in [0, 0.05) is 11.7 Å². The van der Waals surface area contributed by atoms with Crippen LogP contribution in [0.4, 0.5) is 0 Å². The third-order valence-corrected chi connectivity index (χ3v) is 3.04. The molecule has 5 heteroatoms. The van der Waals surface area contributed by atoms with Crippen LogP contribution in [0.25, 0.3) is 10.9 Å². The van der Waals surface area contributed by atoms with Gasteiger partial charge in [-0.25, -0.2) is 0 Å². The molecule has 0 aliphatic rings. The second-order valence-corrected chi connectivity index (χ2v) is 4.26. The fourth-order valence-electron chi connectivity index (χ4n) is 1.27. The number of H-pyrrole nitrogens is 1. The quantitative estimate of drug-likeness (QED) is 0.849. The largest absolute Gasteiger partial charge is 0.361 e. The molecule has 17 heavy (non-hydrogen) atoms. The van der Waals surface area contributed by atoms with Gasteiger partial charge in [-0.1, -0.05) is 18.2 Å². The molecule has 0 radical (unpaired) electrons. The lowest BCUT2D eigenvalue weighted by Crippen LogP contribution is -1.81. The summed E-state index contributed by atoms with van der Waals surface area (Å²) in [6.07, 6.45) is 1.95. The summed E-state index contributed by atoms with van der Waals surface area (Å²) in [6, 6.07) is 10.3. The number of aromatic nitrogens is 1. The van der Waals surface area contributed by atoms with E-state index in [2.05, 4.69) is 32.2 Å². The summed E-state index contributed by atoms with van der Waals surface area (Å²) in [5.74, 6) is 0. The molecule has 94 valence electrons. The van der Waals surface area contributed by atoms with Crippen molar-refractivity contribution in [3.8, 4) is 0 Å². The Morgan fingerprint density at radius 2 is 1.76 bits per heavy atom. The van der Waals surface area contributed by atoms with E-state index >= 15 is 0 Å². The van der Waals surface area contributed by atoms with Crippen LogP contribution in [0.3, 0.4) is 0 Å². The summed E-state index contributed by atoms with van der Waals surface area (Å²) >= 11 is 0. The first-order valence-electron chi connectivity index (χ1n) is 5.59. The zero-order valence-corrected chi connectivity index (χ0v) is 11.1. The van der Waals surface area contributed by atoms with E-state index in [-0.39, 0.29) is 0 Å². The molecule has 0 unspecified atom stereocenters. The predicted octanol–water partition coefficient (Wildman–Crippen LogP) is 3.62. The number of aromatic amines is 1. The van der Waals surface area contributed by atoms with Crippen LogP contribution in [0.2, 0.25) is 0 Å². The molecule has 0 atom stereocenters. The predicted molar refractivity (Wildman–Crippen MR) is 70.6 cm³/mol. The highest BCUT2D eigenvalue weighted by Crippen LogP contribution is 2.21. The van der Waals surface area contributed by atoms with Crippen molar-refractivity contribution in [1.82, 2.24) is 4.98 Å². The summed E-state index contributed by atoms with van der Waals surface area (Å²) in [7, 11) is -2.14. The molecule has 0 bridgehead atoms. The molecule has 2 rings (SSSR count). The Labute approximate surface area is 102 Å². The standard InChI is InChI=1S/C8H7N.C4H11O3P/c1-2-4-8-7(3-1)5-6-9-8;1-3-6-8(5)7-4-2/h1-6,9H;8H,3-4H2,1-2H3. The highest BCUT2D eigenvalue weighted by molar-refractivity contribution is 7.33. The minimum absolute atomic E-state index is 0.456. The van der Waals surface area contributed by atoms with Crippen LogP contribution < -0.4 is 0 Å². The Hall–Kier alpha value is -1.09. The van der Waals surface area contributed by atoms with Crippen molar-refractivity contribution < 1.29 is 13.6 Å². The van der Waals surface area contributed by atoms with E-state index in [1.807, 2.05) is 18.3 Å². The van der Waals surface area contributed by atoms with Crippen molar-refractivity contribution in [2.75, 3.05) is 13.2 Å². The lowest BCUT2D eigenvalue weighted by atomic mass is 10.3. The lowest BCUT2D eigenvalue weighted by Gasteiger charge is -1.97. The number of rotatable bonds is 4. The number of nitrogens with one attached hydrogen (secondary N) is 1. The number of hydrogen-bond donors (Lipinski definition) is 1. The Morgan fingerprint density at radius 3 is 2.35 bits per heavy atom. The summed E-state index contributed by atoms with van der Waals surface area (Å²) in [5.41, 5.74) is 1.21. The molecule has 0 saturated carbocycles. The van der Waals surface area contributed by atoms with Crippen molar-refractivity contribution in [2.45, 2.75) is 13.8 Å². The molecule has 1 aromatic heterocycles. The monoisotopic (exact) mass is 255 g/mol. The third kappa shape index (κ3) is 5.18. The van der Waals surface area contributed by atoms with E-state index in [4.69, 9.17) is 0 Å². The fraction of sp³-hybridized carbons (Fsp3) is 0.333. The van der Waals surface area contributed by atoms with Crippen molar-refractivity contribution in [3.63, 3.8) is 0 Å². The van der Waals surface area contributed by atoms with Crippen LogP contribution in [-0.2, 0) is 13.6 Å². The minimum Gasteiger partial charge on any atom is -0.361 e. The number of para-hydroxylation sites is 1. The topological polar surface area (TPSA) is 51.3 Å². The molecule has 0 aliphatic heterocycles. The SMILES string of the molecule is CCO[PH](=O)OCC.c1ccc2[nH]ccc2c1. The Balaban J connectivity index is 0.000000172. The molecule has 0 aliphatic carbocycles. The normalized spacial score (nSPS) is 10.3. The van der Waals surface area contributed by atoms with Gasteiger partial charge in [-0.3, -0.25) is 4.57 Å². The van der Waals surface area contributed by atoms with Gasteiger partial charge in [0.15, 0.2) is 0 Å². The maximum atomic E-state index is 10.4. The Kier molecular flexibility index (Phi) is 6.63. The first kappa shape index (κ1) is 14.0. The van der Waals surface area contributed by atoms with E-state index in [1.54, 1.807) is 13.8 Å². The minimum atomic E-state index is -2.14. The second-order valence-electron chi connectivity index (χ2n) is 3.18. The number of fused-ring (bicyclic) bond motifs is 1. The van der Waals surface area contributed by atoms with Gasteiger partial charge in [0.25, 0.3) is 0 Å². The van der Waals surface area contributed by atoms with E-state index in [0.29, 0.717) is 13.2 Å². The number of benzene rings is 1. The summed E-state index contributed by atoms with van der Waals surface area (Å²) < 4.78 is 19.6. The molecule has 0 saturated heterocycles. The van der Waals surface area contributed by atoms with Gasteiger partial charge in [-0.05, 0) is 31.4 Å². The van der Waals surface area contributed by atoms with Crippen molar-refractivity contribution in [3.05, 3.63) is 36.5 Å². The molecule has 0 spiro atoms. The van der Waals surface area contributed by atoms with Crippen LogP contribution in [0.1, 0.15) is 13.8 Å². The van der Waals surface area contributed by atoms with Crippen LogP contribution in [-0.4, -0.2) is 18.2 Å². The van der Waals surface area contributed by atoms with Gasteiger partial charge in [-0.2, -0.15) is 0 Å². The first-order valence-corrected chi connectivity index (χ1v) is 6.82. The highest BCUT2D eigenvalue weighted by atomic mass is 31.1. The summed E-state index contributed by atoms with van der Waals surface area (Å²) in [4.78, 5) is 3.12. The highest BCUT2D eigenvalue weighted by Gasteiger charge is 1.91. The maximum Gasteiger partial charge on any atom is 0.319 e. The average molecular weight is 255 g/mol. The zero-order chi connectivity index (χ0) is 12.5. The zero-order valence-electron chi connectivity index (χ0n) is 10.1. The summed E-state index contributed by atoms with van der Waals surface area (Å²) in [5, 5.41) is 1.28. The average Bonchev–Trinajstić information content (AvgIpc) is 2.78. The Morgan fingerprint density at radius 1 is 1.12 bits per heavy atom. The molecular formula is C12H18NO3P. The first-order chi connectivity index (χ1) is 8.27. The molecule has 0 amide bonds. The van der Waals surface area contributed by atoms with Crippen LogP contribution in [0.15, 0.2) is 36.5 Å². The molecule has 4 nitrogen and oxygen atoms in total. The Bertz CT molecular complexity index is 417. The molecule has 0 fully saturated rings. The van der Waals surface area contributed by atoms with E-state index in [9.17, 15) is 4.57 Å².